The lowest BCUT2D eigenvalue weighted by Gasteiger charge is -2.43. The van der Waals surface area contributed by atoms with E-state index in [-0.39, 0.29) is 29.5 Å². The van der Waals surface area contributed by atoms with Crippen LogP contribution in [0.3, 0.4) is 0 Å². The summed E-state index contributed by atoms with van der Waals surface area (Å²) in [5.41, 5.74) is 1.93. The van der Waals surface area contributed by atoms with Gasteiger partial charge in [0.25, 0.3) is 0 Å². The second kappa shape index (κ2) is 6.24. The van der Waals surface area contributed by atoms with E-state index in [0.717, 1.165) is 30.6 Å². The zero-order valence-corrected chi connectivity index (χ0v) is 14.6. The molecule has 1 amide bonds. The Bertz CT molecular complexity index is 684. The molecule has 23 heavy (non-hydrogen) atoms. The molecule has 2 aliphatic heterocycles. The Morgan fingerprint density at radius 2 is 1.78 bits per heavy atom. The van der Waals surface area contributed by atoms with E-state index in [0.29, 0.717) is 6.54 Å². The average Bonchev–Trinajstić information content (AvgIpc) is 2.81. The standard InChI is InChI=1S/C17H24N2O3S/c1-3-4-9-18-10-17(20)19(14-7-5-13(2)6-8-14)16-12-23(21,22)11-15(16)18/h5-8,15-16H,3-4,9-12H2,1-2H3. The van der Waals surface area contributed by atoms with Crippen molar-refractivity contribution >= 4 is 21.4 Å². The van der Waals surface area contributed by atoms with Gasteiger partial charge in [-0.25, -0.2) is 8.42 Å². The van der Waals surface area contributed by atoms with Crippen LogP contribution in [0.5, 0.6) is 0 Å². The average molecular weight is 336 g/mol. The molecule has 0 spiro atoms. The molecule has 2 saturated heterocycles. The lowest BCUT2D eigenvalue weighted by atomic mass is 10.0. The molecule has 2 aliphatic rings. The first-order valence-corrected chi connectivity index (χ1v) is 10.1. The predicted molar refractivity (Wildman–Crippen MR) is 91.4 cm³/mol. The van der Waals surface area contributed by atoms with E-state index in [4.69, 9.17) is 0 Å². The third-order valence-corrected chi connectivity index (χ3v) is 6.51. The number of hydrogen-bond donors (Lipinski definition) is 0. The summed E-state index contributed by atoms with van der Waals surface area (Å²) < 4.78 is 24.4. The van der Waals surface area contributed by atoms with Crippen LogP contribution in [0.2, 0.25) is 0 Å². The zero-order valence-electron chi connectivity index (χ0n) is 13.7. The number of carbonyl (C=O) groups is 1. The topological polar surface area (TPSA) is 57.7 Å². The van der Waals surface area contributed by atoms with Crippen molar-refractivity contribution in [2.75, 3.05) is 29.5 Å². The lowest BCUT2D eigenvalue weighted by molar-refractivity contribution is -0.123. The number of piperazine rings is 1. The first-order chi connectivity index (χ1) is 10.9. The molecule has 0 aromatic heterocycles. The summed E-state index contributed by atoms with van der Waals surface area (Å²) in [6, 6.07) is 7.41. The molecular formula is C17H24N2O3S. The van der Waals surface area contributed by atoms with Crippen LogP contribution in [0.4, 0.5) is 5.69 Å². The van der Waals surface area contributed by atoms with E-state index < -0.39 is 9.84 Å². The van der Waals surface area contributed by atoms with E-state index in [9.17, 15) is 13.2 Å². The SMILES string of the molecule is CCCCN1CC(=O)N(c2ccc(C)cc2)C2CS(=O)(=O)CC21. The molecule has 0 saturated carbocycles. The van der Waals surface area contributed by atoms with Crippen molar-refractivity contribution < 1.29 is 13.2 Å². The first kappa shape index (κ1) is 16.5. The molecule has 2 unspecified atom stereocenters. The number of carbonyl (C=O) groups excluding carboxylic acids is 1. The van der Waals surface area contributed by atoms with Gasteiger partial charge in [0.1, 0.15) is 0 Å². The van der Waals surface area contributed by atoms with E-state index in [1.165, 1.54) is 0 Å². The minimum absolute atomic E-state index is 0.00306. The Morgan fingerprint density at radius 1 is 1.13 bits per heavy atom. The molecule has 0 bridgehead atoms. The van der Waals surface area contributed by atoms with Gasteiger partial charge in [0.05, 0.1) is 24.1 Å². The molecule has 0 aliphatic carbocycles. The van der Waals surface area contributed by atoms with Gasteiger partial charge in [-0.2, -0.15) is 0 Å². The number of benzene rings is 1. The van der Waals surface area contributed by atoms with Crippen molar-refractivity contribution in [1.82, 2.24) is 4.90 Å². The highest BCUT2D eigenvalue weighted by molar-refractivity contribution is 7.91. The number of nitrogens with zero attached hydrogens (tertiary/aromatic N) is 2. The number of sulfone groups is 1. The largest absolute Gasteiger partial charge is 0.306 e. The van der Waals surface area contributed by atoms with Crippen LogP contribution < -0.4 is 4.90 Å². The first-order valence-electron chi connectivity index (χ1n) is 8.24. The Morgan fingerprint density at radius 3 is 2.43 bits per heavy atom. The Labute approximate surface area is 138 Å². The van der Waals surface area contributed by atoms with Gasteiger partial charge < -0.3 is 4.90 Å². The van der Waals surface area contributed by atoms with Crippen molar-refractivity contribution in [2.45, 2.75) is 38.8 Å². The predicted octanol–water partition coefficient (Wildman–Crippen LogP) is 1.61. The van der Waals surface area contributed by atoms with Crippen LogP contribution in [0.15, 0.2) is 24.3 Å². The van der Waals surface area contributed by atoms with Crippen LogP contribution in [0.25, 0.3) is 0 Å². The highest BCUT2D eigenvalue weighted by Gasteiger charge is 2.49. The molecule has 2 fully saturated rings. The number of rotatable bonds is 4. The Kier molecular flexibility index (Phi) is 4.47. The Balaban J connectivity index is 1.93. The molecule has 0 N–H and O–H groups in total. The fourth-order valence-electron chi connectivity index (χ4n) is 3.60. The van der Waals surface area contributed by atoms with E-state index >= 15 is 0 Å². The van der Waals surface area contributed by atoms with E-state index in [2.05, 4.69) is 11.8 Å². The number of fused-ring (bicyclic) bond motifs is 1. The van der Waals surface area contributed by atoms with Gasteiger partial charge in [0.2, 0.25) is 5.91 Å². The second-order valence-corrected chi connectivity index (χ2v) is 8.79. The molecule has 1 aromatic rings. The minimum Gasteiger partial charge on any atom is -0.306 e. The number of unbranched alkanes of at least 4 members (excludes halogenated alkanes) is 1. The summed E-state index contributed by atoms with van der Waals surface area (Å²) in [4.78, 5) is 16.5. The van der Waals surface area contributed by atoms with Crippen molar-refractivity contribution in [3.63, 3.8) is 0 Å². The van der Waals surface area contributed by atoms with Gasteiger partial charge in [-0.15, -0.1) is 0 Å². The highest BCUT2D eigenvalue weighted by Crippen LogP contribution is 2.31. The molecule has 6 heteroatoms. The van der Waals surface area contributed by atoms with Crippen LogP contribution >= 0.6 is 0 Å². The third kappa shape index (κ3) is 3.28. The molecule has 0 radical (unpaired) electrons. The van der Waals surface area contributed by atoms with Crippen molar-refractivity contribution in [1.29, 1.82) is 0 Å². The van der Waals surface area contributed by atoms with Gasteiger partial charge in [-0.1, -0.05) is 31.0 Å². The van der Waals surface area contributed by atoms with Gasteiger partial charge in [-0.3, -0.25) is 9.69 Å². The maximum atomic E-state index is 12.7. The van der Waals surface area contributed by atoms with Crippen LogP contribution in [-0.2, 0) is 14.6 Å². The summed E-state index contributed by atoms with van der Waals surface area (Å²) in [7, 11) is -3.09. The normalized spacial score (nSPS) is 27.2. The molecule has 2 heterocycles. The van der Waals surface area contributed by atoms with Crippen LogP contribution in [0, 0.1) is 6.92 Å². The maximum absolute atomic E-state index is 12.7. The van der Waals surface area contributed by atoms with Gasteiger partial charge >= 0.3 is 0 Å². The monoisotopic (exact) mass is 336 g/mol. The number of hydrogen-bond acceptors (Lipinski definition) is 4. The molecular weight excluding hydrogens is 312 g/mol. The smallest absolute Gasteiger partial charge is 0.241 e. The number of aryl methyl sites for hydroxylation is 1. The highest BCUT2D eigenvalue weighted by atomic mass is 32.2. The summed E-state index contributed by atoms with van der Waals surface area (Å²) in [5.74, 6) is 0.236. The van der Waals surface area contributed by atoms with E-state index in [1.807, 2.05) is 31.2 Å². The van der Waals surface area contributed by atoms with Crippen molar-refractivity contribution in [2.24, 2.45) is 0 Å². The molecule has 3 rings (SSSR count). The van der Waals surface area contributed by atoms with Crippen LogP contribution in [-0.4, -0.2) is 55.9 Å². The quantitative estimate of drug-likeness (QED) is 0.838. The van der Waals surface area contributed by atoms with Gasteiger partial charge in [0, 0.05) is 11.7 Å². The van der Waals surface area contributed by atoms with Gasteiger partial charge in [0.15, 0.2) is 9.84 Å². The lowest BCUT2D eigenvalue weighted by Crippen LogP contribution is -2.62. The van der Waals surface area contributed by atoms with Crippen LogP contribution in [0.1, 0.15) is 25.3 Å². The number of amides is 1. The fraction of sp³-hybridized carbons (Fsp3) is 0.588. The third-order valence-electron chi connectivity index (χ3n) is 4.81. The molecule has 2 atom stereocenters. The fourth-order valence-corrected chi connectivity index (χ4v) is 5.59. The number of anilines is 1. The summed E-state index contributed by atoms with van der Waals surface area (Å²) >= 11 is 0. The molecule has 126 valence electrons. The second-order valence-electron chi connectivity index (χ2n) is 6.63. The zero-order chi connectivity index (χ0) is 16.6. The maximum Gasteiger partial charge on any atom is 0.241 e. The summed E-state index contributed by atoms with van der Waals surface area (Å²) in [6.45, 7) is 5.20. The molecule has 1 aromatic carbocycles. The summed E-state index contributed by atoms with van der Waals surface area (Å²) in [5, 5.41) is 0. The Hall–Kier alpha value is -1.40. The summed E-state index contributed by atoms with van der Waals surface area (Å²) in [6.07, 6.45) is 2.03. The minimum atomic E-state index is -3.09. The van der Waals surface area contributed by atoms with Crippen molar-refractivity contribution in [3.8, 4) is 0 Å². The van der Waals surface area contributed by atoms with Gasteiger partial charge in [-0.05, 0) is 32.0 Å². The van der Waals surface area contributed by atoms with Crippen molar-refractivity contribution in [3.05, 3.63) is 29.8 Å². The van der Waals surface area contributed by atoms with E-state index in [1.54, 1.807) is 4.90 Å². The molecule has 5 nitrogen and oxygen atoms in total.